The molecule has 0 spiro atoms. The van der Waals surface area contributed by atoms with E-state index in [2.05, 4.69) is 77.8 Å². The van der Waals surface area contributed by atoms with Crippen LogP contribution in [0, 0.1) is 0 Å². The van der Waals surface area contributed by atoms with Gasteiger partial charge in [-0.15, -0.1) is 0 Å². The van der Waals surface area contributed by atoms with Crippen molar-refractivity contribution in [3.63, 3.8) is 0 Å². The van der Waals surface area contributed by atoms with Crippen molar-refractivity contribution in [2.45, 2.75) is 0 Å². The van der Waals surface area contributed by atoms with Crippen LogP contribution < -0.4 is 0 Å². The zero-order valence-corrected chi connectivity index (χ0v) is 25.5. The van der Waals surface area contributed by atoms with Gasteiger partial charge in [-0.1, -0.05) is 97.1 Å². The topological polar surface area (TPSA) is 77.8 Å². The molecule has 4 heterocycles. The molecule has 6 nitrogen and oxygen atoms in total. The third kappa shape index (κ3) is 4.20. The van der Waals surface area contributed by atoms with Gasteiger partial charge in [-0.3, -0.25) is 0 Å². The zero-order chi connectivity index (χ0) is 31.6. The van der Waals surface area contributed by atoms with Crippen molar-refractivity contribution in [1.82, 2.24) is 19.9 Å². The highest BCUT2D eigenvalue weighted by atomic mass is 16.3. The predicted octanol–water partition coefficient (Wildman–Crippen LogP) is 10.9. The number of benzene rings is 6. The van der Waals surface area contributed by atoms with Crippen LogP contribution in [0.5, 0.6) is 0 Å². The molecule has 0 aliphatic rings. The smallest absolute Gasteiger partial charge is 0.227 e. The molecule has 6 heteroatoms. The van der Waals surface area contributed by atoms with E-state index in [1.165, 1.54) is 11.1 Å². The predicted molar refractivity (Wildman–Crippen MR) is 191 cm³/mol. The summed E-state index contributed by atoms with van der Waals surface area (Å²) >= 11 is 0. The molecule has 0 amide bonds. The fraction of sp³-hybridized carbons (Fsp3) is 0. The summed E-state index contributed by atoms with van der Waals surface area (Å²) in [5, 5.41) is 6.07. The summed E-state index contributed by atoms with van der Waals surface area (Å²) in [7, 11) is 0. The molecule has 0 aliphatic carbocycles. The summed E-state index contributed by atoms with van der Waals surface area (Å²) in [6.07, 6.45) is 1.74. The van der Waals surface area contributed by atoms with Gasteiger partial charge in [-0.05, 0) is 64.4 Å². The van der Waals surface area contributed by atoms with Crippen LogP contribution in [0.25, 0.3) is 100 Å². The number of hydrogen-bond acceptors (Lipinski definition) is 6. The quantitative estimate of drug-likeness (QED) is 0.196. The van der Waals surface area contributed by atoms with Gasteiger partial charge >= 0.3 is 0 Å². The lowest BCUT2D eigenvalue weighted by atomic mass is 10.00. The van der Waals surface area contributed by atoms with Crippen LogP contribution in [0.1, 0.15) is 0 Å². The van der Waals surface area contributed by atoms with Gasteiger partial charge in [0.2, 0.25) is 5.71 Å². The van der Waals surface area contributed by atoms with E-state index in [1.54, 1.807) is 6.20 Å². The first-order valence-corrected chi connectivity index (χ1v) is 15.8. The molecule has 0 unspecified atom stereocenters. The maximum atomic E-state index is 6.24. The van der Waals surface area contributed by atoms with E-state index >= 15 is 0 Å². The van der Waals surface area contributed by atoms with Crippen LogP contribution in [0.15, 0.2) is 155 Å². The third-order valence-corrected chi connectivity index (χ3v) is 9.00. The van der Waals surface area contributed by atoms with Crippen molar-refractivity contribution in [3.8, 4) is 45.3 Å². The number of hydrogen-bond donors (Lipinski definition) is 0. The number of nitrogens with zero attached hydrogens (tertiary/aromatic N) is 4. The van der Waals surface area contributed by atoms with E-state index in [-0.39, 0.29) is 0 Å². The van der Waals surface area contributed by atoms with E-state index in [9.17, 15) is 0 Å². The van der Waals surface area contributed by atoms with Gasteiger partial charge in [0.1, 0.15) is 16.7 Å². The maximum absolute atomic E-state index is 6.24. The molecule has 224 valence electrons. The van der Waals surface area contributed by atoms with Crippen LogP contribution in [0.4, 0.5) is 0 Å². The third-order valence-electron chi connectivity index (χ3n) is 9.00. The molecular weight excluding hydrogens is 592 g/mol. The number of rotatable bonds is 4. The highest BCUT2D eigenvalue weighted by molar-refractivity contribution is 6.13. The molecule has 0 bridgehead atoms. The Kier molecular flexibility index (Phi) is 5.77. The minimum atomic E-state index is 0.552. The summed E-state index contributed by atoms with van der Waals surface area (Å²) in [5.74, 6) is 1.70. The lowest BCUT2D eigenvalue weighted by molar-refractivity contribution is 0.654. The molecule has 0 atom stereocenters. The lowest BCUT2D eigenvalue weighted by Gasteiger charge is -2.11. The Labute approximate surface area is 274 Å². The molecule has 0 saturated heterocycles. The number of furan rings is 2. The van der Waals surface area contributed by atoms with E-state index in [0.717, 1.165) is 65.8 Å². The Balaban J connectivity index is 1.22. The van der Waals surface area contributed by atoms with Crippen molar-refractivity contribution in [1.29, 1.82) is 0 Å². The van der Waals surface area contributed by atoms with E-state index in [4.69, 9.17) is 23.8 Å². The molecule has 0 aliphatic heterocycles. The van der Waals surface area contributed by atoms with Crippen LogP contribution in [-0.2, 0) is 0 Å². The van der Waals surface area contributed by atoms with Crippen LogP contribution in [0.2, 0.25) is 0 Å². The summed E-state index contributed by atoms with van der Waals surface area (Å²) in [6.45, 7) is 0. The van der Waals surface area contributed by atoms with Gasteiger partial charge < -0.3 is 8.83 Å². The van der Waals surface area contributed by atoms with Crippen molar-refractivity contribution in [2.75, 3.05) is 0 Å². The van der Waals surface area contributed by atoms with Gasteiger partial charge in [0.25, 0.3) is 0 Å². The first-order valence-electron chi connectivity index (χ1n) is 15.8. The van der Waals surface area contributed by atoms with Crippen molar-refractivity contribution >= 4 is 54.8 Å². The second kappa shape index (κ2) is 10.4. The monoisotopic (exact) mass is 616 g/mol. The largest absolute Gasteiger partial charge is 0.456 e. The molecule has 0 saturated carbocycles. The first kappa shape index (κ1) is 26.5. The summed E-state index contributed by atoms with van der Waals surface area (Å²) < 4.78 is 12.4. The summed E-state index contributed by atoms with van der Waals surface area (Å²) in [4.78, 5) is 19.9. The number of pyridine rings is 1. The van der Waals surface area contributed by atoms with Crippen LogP contribution in [0.3, 0.4) is 0 Å². The molecule has 0 N–H and O–H groups in total. The lowest BCUT2D eigenvalue weighted by Crippen LogP contribution is -2.00. The molecule has 0 radical (unpaired) electrons. The number of para-hydroxylation sites is 1. The average Bonchev–Trinajstić information content (AvgIpc) is 3.73. The van der Waals surface area contributed by atoms with Gasteiger partial charge in [-0.2, -0.15) is 0 Å². The SMILES string of the molecule is c1ccc(-c2ccc3cc(-c4nc(-c5cccc6oc7ccccc7c56)nc(-c5cccc6oc7ncccc7c56)n4)ccc3c2)cc1. The highest BCUT2D eigenvalue weighted by Gasteiger charge is 2.20. The minimum absolute atomic E-state index is 0.552. The zero-order valence-electron chi connectivity index (χ0n) is 25.5. The van der Waals surface area contributed by atoms with Gasteiger partial charge in [0.05, 0.1) is 0 Å². The van der Waals surface area contributed by atoms with Gasteiger partial charge in [0, 0.05) is 44.4 Å². The number of fused-ring (bicyclic) bond motifs is 7. The summed E-state index contributed by atoms with van der Waals surface area (Å²) in [6, 6.07) is 47.3. The van der Waals surface area contributed by atoms with Crippen LogP contribution >= 0.6 is 0 Å². The Bertz CT molecular complexity index is 2720. The molecule has 6 aromatic carbocycles. The number of aromatic nitrogens is 4. The summed E-state index contributed by atoms with van der Waals surface area (Å²) in [5.41, 5.74) is 7.90. The molecule has 48 heavy (non-hydrogen) atoms. The van der Waals surface area contributed by atoms with Crippen molar-refractivity contribution in [2.24, 2.45) is 0 Å². The standard InChI is InChI=1S/C42H24N4O2/c1-2-9-25(10-3-1)26-18-19-28-24-29(21-20-27(28)23-26)39-44-40(31-12-6-16-35-37(31)30-11-4-5-15-34(30)47-35)46-41(45-39)32-13-7-17-36-38(32)33-14-8-22-43-42(33)48-36/h1-24H. The fourth-order valence-corrected chi connectivity index (χ4v) is 6.75. The minimum Gasteiger partial charge on any atom is -0.456 e. The Morgan fingerprint density at radius 1 is 0.396 bits per heavy atom. The van der Waals surface area contributed by atoms with Gasteiger partial charge in [-0.25, -0.2) is 19.9 Å². The second-order valence-electron chi connectivity index (χ2n) is 11.9. The van der Waals surface area contributed by atoms with Gasteiger partial charge in [0.15, 0.2) is 17.5 Å². The Hall–Kier alpha value is -6.66. The van der Waals surface area contributed by atoms with E-state index < -0.39 is 0 Å². The first-order chi connectivity index (χ1) is 23.8. The highest BCUT2D eigenvalue weighted by Crippen LogP contribution is 2.39. The Morgan fingerprint density at radius 3 is 1.79 bits per heavy atom. The maximum Gasteiger partial charge on any atom is 0.227 e. The average molecular weight is 617 g/mol. The molecule has 4 aromatic heterocycles. The molecule has 0 fully saturated rings. The Morgan fingerprint density at radius 2 is 1.00 bits per heavy atom. The molecular formula is C42H24N4O2. The molecule has 10 aromatic rings. The molecule has 10 rings (SSSR count). The normalized spacial score (nSPS) is 11.8. The van der Waals surface area contributed by atoms with E-state index in [1.807, 2.05) is 66.7 Å². The van der Waals surface area contributed by atoms with E-state index in [0.29, 0.717) is 23.2 Å². The fourth-order valence-electron chi connectivity index (χ4n) is 6.75. The second-order valence-corrected chi connectivity index (χ2v) is 11.9. The van der Waals surface area contributed by atoms with Crippen LogP contribution in [-0.4, -0.2) is 19.9 Å². The van der Waals surface area contributed by atoms with Crippen molar-refractivity contribution in [3.05, 3.63) is 146 Å². The van der Waals surface area contributed by atoms with Crippen molar-refractivity contribution < 1.29 is 8.83 Å².